The molecule has 8 heteroatoms. The molecule has 2 aromatic rings. The average molecular weight is 371 g/mol. The molecule has 0 bridgehead atoms. The largest absolute Gasteiger partial charge is 0.482 e. The second-order valence-corrected chi connectivity index (χ2v) is 5.66. The topological polar surface area (TPSA) is 100 Å². The molecule has 27 heavy (non-hydrogen) atoms. The van der Waals surface area contributed by atoms with Crippen molar-refractivity contribution in [1.29, 1.82) is 0 Å². The van der Waals surface area contributed by atoms with E-state index in [2.05, 4.69) is 5.32 Å². The van der Waals surface area contributed by atoms with Crippen LogP contribution in [0.25, 0.3) is 0 Å². The summed E-state index contributed by atoms with van der Waals surface area (Å²) >= 11 is 0. The molecule has 8 nitrogen and oxygen atoms in total. The number of aldehydes is 1. The molecule has 0 saturated carbocycles. The highest BCUT2D eigenvalue weighted by Gasteiger charge is 2.20. The molecule has 1 amide bonds. The van der Waals surface area contributed by atoms with Gasteiger partial charge in [0.05, 0.1) is 0 Å². The number of anilines is 1. The summed E-state index contributed by atoms with van der Waals surface area (Å²) in [4.78, 5) is 34.6. The van der Waals surface area contributed by atoms with Crippen molar-refractivity contribution < 1.29 is 33.3 Å². The van der Waals surface area contributed by atoms with Crippen LogP contribution in [0.5, 0.6) is 17.2 Å². The van der Waals surface area contributed by atoms with Crippen LogP contribution in [0.3, 0.4) is 0 Å². The third kappa shape index (κ3) is 4.75. The molecule has 2 aromatic carbocycles. The summed E-state index contributed by atoms with van der Waals surface area (Å²) in [5.74, 6) is 0.368. The summed E-state index contributed by atoms with van der Waals surface area (Å²) in [6.45, 7) is 1.24. The predicted octanol–water partition coefficient (Wildman–Crippen LogP) is 2.18. The number of ether oxygens (including phenoxy) is 4. The van der Waals surface area contributed by atoms with Crippen LogP contribution in [0.15, 0.2) is 42.5 Å². The Morgan fingerprint density at radius 2 is 1.89 bits per heavy atom. The molecule has 0 spiro atoms. The number of hydrogen-bond acceptors (Lipinski definition) is 7. The van der Waals surface area contributed by atoms with Crippen molar-refractivity contribution in [1.82, 2.24) is 0 Å². The third-order valence-corrected chi connectivity index (χ3v) is 3.69. The van der Waals surface area contributed by atoms with E-state index < -0.39 is 18.0 Å². The average Bonchev–Trinajstić information content (AvgIpc) is 3.14. The number of carbonyl (C=O) groups excluding carboxylic acids is 3. The van der Waals surface area contributed by atoms with E-state index in [9.17, 15) is 14.4 Å². The quantitative estimate of drug-likeness (QED) is 0.588. The highest BCUT2D eigenvalue weighted by Crippen LogP contribution is 2.34. The fourth-order valence-corrected chi connectivity index (χ4v) is 2.29. The van der Waals surface area contributed by atoms with Gasteiger partial charge in [-0.05, 0) is 43.3 Å². The van der Waals surface area contributed by atoms with E-state index in [-0.39, 0.29) is 13.4 Å². The Hall–Kier alpha value is -3.55. The van der Waals surface area contributed by atoms with Gasteiger partial charge in [-0.3, -0.25) is 9.59 Å². The number of hydrogen-bond donors (Lipinski definition) is 1. The van der Waals surface area contributed by atoms with Gasteiger partial charge in [0.2, 0.25) is 6.79 Å². The molecule has 3 rings (SSSR count). The number of carbonyl (C=O) groups is 3. The number of esters is 1. The lowest BCUT2D eigenvalue weighted by atomic mass is 10.2. The van der Waals surface area contributed by atoms with E-state index in [0.717, 1.165) is 0 Å². The van der Waals surface area contributed by atoms with Crippen LogP contribution in [0.4, 0.5) is 5.69 Å². The Morgan fingerprint density at radius 1 is 1.15 bits per heavy atom. The third-order valence-electron chi connectivity index (χ3n) is 3.69. The number of rotatable bonds is 7. The molecular weight excluding hydrogens is 354 g/mol. The zero-order chi connectivity index (χ0) is 19.2. The lowest BCUT2D eigenvalue weighted by Crippen LogP contribution is -2.31. The molecule has 0 aromatic heterocycles. The summed E-state index contributed by atoms with van der Waals surface area (Å²) in [6, 6.07) is 11.2. The Labute approximate surface area is 155 Å². The first-order valence-electron chi connectivity index (χ1n) is 8.13. The van der Waals surface area contributed by atoms with Gasteiger partial charge in [0.15, 0.2) is 24.2 Å². The summed E-state index contributed by atoms with van der Waals surface area (Å²) < 4.78 is 20.8. The van der Waals surface area contributed by atoms with Crippen molar-refractivity contribution in [2.45, 2.75) is 13.0 Å². The van der Waals surface area contributed by atoms with Gasteiger partial charge in [-0.25, -0.2) is 4.79 Å². The highest BCUT2D eigenvalue weighted by molar-refractivity contribution is 5.95. The van der Waals surface area contributed by atoms with Crippen LogP contribution in [0.2, 0.25) is 0 Å². The summed E-state index contributed by atoms with van der Waals surface area (Å²) in [5, 5.41) is 2.64. The zero-order valence-electron chi connectivity index (χ0n) is 14.5. The van der Waals surface area contributed by atoms with Crippen LogP contribution >= 0.6 is 0 Å². The molecule has 1 aliphatic heterocycles. The van der Waals surface area contributed by atoms with Gasteiger partial charge in [-0.1, -0.05) is 0 Å². The Morgan fingerprint density at radius 3 is 2.63 bits per heavy atom. The van der Waals surface area contributed by atoms with Gasteiger partial charge >= 0.3 is 5.97 Å². The normalized spacial score (nSPS) is 12.8. The van der Waals surface area contributed by atoms with E-state index in [1.807, 2.05) is 0 Å². The van der Waals surface area contributed by atoms with Crippen LogP contribution in [0.1, 0.15) is 17.3 Å². The van der Waals surface area contributed by atoms with E-state index in [4.69, 9.17) is 18.9 Å². The molecule has 0 saturated heterocycles. The van der Waals surface area contributed by atoms with Gasteiger partial charge < -0.3 is 24.3 Å². The van der Waals surface area contributed by atoms with Gasteiger partial charge in [0.1, 0.15) is 12.0 Å². The number of benzene rings is 2. The van der Waals surface area contributed by atoms with Crippen molar-refractivity contribution in [2.24, 2.45) is 0 Å². The maximum Gasteiger partial charge on any atom is 0.344 e. The predicted molar refractivity (Wildman–Crippen MR) is 94.1 cm³/mol. The standard InChI is InChI=1S/C19H17NO7/c1-12(19(23)20-14-4-7-16-17(8-14)26-11-25-16)27-18(22)10-24-15-5-2-13(9-21)3-6-15/h2-9,12H,10-11H2,1H3,(H,20,23)/t12-/m0/s1. The monoisotopic (exact) mass is 371 g/mol. The Kier molecular flexibility index (Phi) is 5.55. The maximum absolute atomic E-state index is 12.2. The minimum absolute atomic E-state index is 0.138. The van der Waals surface area contributed by atoms with Crippen molar-refractivity contribution >= 4 is 23.9 Å². The zero-order valence-corrected chi connectivity index (χ0v) is 14.5. The maximum atomic E-state index is 12.2. The first-order valence-corrected chi connectivity index (χ1v) is 8.13. The minimum atomic E-state index is -1.01. The molecule has 0 fully saturated rings. The Balaban J connectivity index is 1.46. The van der Waals surface area contributed by atoms with E-state index in [1.165, 1.54) is 6.92 Å². The summed E-state index contributed by atoms with van der Waals surface area (Å²) in [7, 11) is 0. The molecule has 0 aliphatic carbocycles. The number of fused-ring (bicyclic) bond motifs is 1. The van der Waals surface area contributed by atoms with Crippen molar-refractivity contribution in [2.75, 3.05) is 18.7 Å². The molecule has 1 atom stereocenters. The summed E-state index contributed by atoms with van der Waals surface area (Å²) in [5.41, 5.74) is 0.998. The SMILES string of the molecule is C[C@H](OC(=O)COc1ccc(C=O)cc1)C(=O)Nc1ccc2c(c1)OCO2. The first kappa shape index (κ1) is 18.2. The first-order chi connectivity index (χ1) is 13.0. The molecule has 1 aliphatic rings. The molecule has 0 radical (unpaired) electrons. The smallest absolute Gasteiger partial charge is 0.344 e. The van der Waals surface area contributed by atoms with Gasteiger partial charge in [-0.15, -0.1) is 0 Å². The fraction of sp³-hybridized carbons (Fsp3) is 0.211. The van der Waals surface area contributed by atoms with Gasteiger partial charge in [-0.2, -0.15) is 0 Å². The van der Waals surface area contributed by atoms with E-state index in [1.54, 1.807) is 42.5 Å². The van der Waals surface area contributed by atoms with Crippen LogP contribution in [-0.2, 0) is 14.3 Å². The number of nitrogens with one attached hydrogen (secondary N) is 1. The molecular formula is C19H17NO7. The molecule has 1 N–H and O–H groups in total. The van der Waals surface area contributed by atoms with E-state index in [0.29, 0.717) is 34.8 Å². The fourth-order valence-electron chi connectivity index (χ4n) is 2.29. The van der Waals surface area contributed by atoms with Crippen molar-refractivity contribution in [3.63, 3.8) is 0 Å². The lowest BCUT2D eigenvalue weighted by Gasteiger charge is -2.14. The van der Waals surface area contributed by atoms with Gasteiger partial charge in [0, 0.05) is 17.3 Å². The highest BCUT2D eigenvalue weighted by atomic mass is 16.7. The van der Waals surface area contributed by atoms with Crippen LogP contribution in [0, 0.1) is 0 Å². The van der Waals surface area contributed by atoms with Gasteiger partial charge in [0.25, 0.3) is 5.91 Å². The Bertz CT molecular complexity index is 848. The molecule has 140 valence electrons. The van der Waals surface area contributed by atoms with E-state index >= 15 is 0 Å². The lowest BCUT2D eigenvalue weighted by molar-refractivity contribution is -0.155. The second kappa shape index (κ2) is 8.22. The van der Waals surface area contributed by atoms with Crippen molar-refractivity contribution in [3.8, 4) is 17.2 Å². The number of amides is 1. The van der Waals surface area contributed by atoms with Crippen LogP contribution < -0.4 is 19.5 Å². The van der Waals surface area contributed by atoms with Crippen LogP contribution in [-0.4, -0.2) is 37.7 Å². The second-order valence-electron chi connectivity index (χ2n) is 5.66. The van der Waals surface area contributed by atoms with Crippen molar-refractivity contribution in [3.05, 3.63) is 48.0 Å². The molecule has 0 unspecified atom stereocenters. The summed E-state index contributed by atoms with van der Waals surface area (Å²) in [6.07, 6.45) is -0.303. The molecule has 1 heterocycles. The minimum Gasteiger partial charge on any atom is -0.482 e.